The minimum absolute atomic E-state index is 0.0597. The van der Waals surface area contributed by atoms with Gasteiger partial charge in [0.15, 0.2) is 5.79 Å². The number of alkyl halides is 1. The second-order valence-corrected chi connectivity index (χ2v) is 4.41. The molecule has 1 fully saturated rings. The Morgan fingerprint density at radius 1 is 1.27 bits per heavy atom. The maximum atomic E-state index is 5.99. The lowest BCUT2D eigenvalue weighted by Gasteiger charge is -2.43. The molecule has 1 unspecified atom stereocenters. The summed E-state index contributed by atoms with van der Waals surface area (Å²) < 4.78 is 11.0. The minimum Gasteiger partial charge on any atom is -0.349 e. The van der Waals surface area contributed by atoms with Crippen LogP contribution in [0.25, 0.3) is 0 Å². The highest BCUT2D eigenvalue weighted by atomic mass is 35.5. The lowest BCUT2D eigenvalue weighted by atomic mass is 10.0. The smallest absolute Gasteiger partial charge is 0.163 e. The lowest BCUT2D eigenvalue weighted by Crippen LogP contribution is -2.52. The first-order valence-electron chi connectivity index (χ1n) is 3.82. The largest absolute Gasteiger partial charge is 0.349 e. The van der Waals surface area contributed by atoms with E-state index in [0.717, 1.165) is 0 Å². The highest BCUT2D eigenvalue weighted by Gasteiger charge is 2.41. The molecule has 0 aromatic rings. The molecule has 1 aliphatic rings. The molecule has 2 nitrogen and oxygen atoms in total. The van der Waals surface area contributed by atoms with Crippen LogP contribution in [0, 0.1) is 0 Å². The van der Waals surface area contributed by atoms with Crippen LogP contribution in [-0.2, 0) is 9.47 Å². The van der Waals surface area contributed by atoms with E-state index in [-0.39, 0.29) is 11.0 Å². The maximum Gasteiger partial charge on any atom is 0.163 e. The fraction of sp³-hybridized carbons (Fsp3) is 1.00. The quantitative estimate of drug-likeness (QED) is 0.530. The van der Waals surface area contributed by atoms with E-state index in [4.69, 9.17) is 21.1 Å². The second-order valence-electron chi connectivity index (χ2n) is 3.88. The van der Waals surface area contributed by atoms with Gasteiger partial charge in [0.25, 0.3) is 0 Å². The van der Waals surface area contributed by atoms with Gasteiger partial charge in [-0.3, -0.25) is 0 Å². The summed E-state index contributed by atoms with van der Waals surface area (Å²) in [5.41, 5.74) is -0.288. The Morgan fingerprint density at radius 2 is 1.82 bits per heavy atom. The van der Waals surface area contributed by atoms with Gasteiger partial charge in [0.2, 0.25) is 0 Å². The molecule has 0 aliphatic carbocycles. The first-order valence-corrected chi connectivity index (χ1v) is 4.25. The van der Waals surface area contributed by atoms with E-state index >= 15 is 0 Å². The van der Waals surface area contributed by atoms with Gasteiger partial charge in [-0.15, -0.1) is 11.6 Å². The zero-order chi connectivity index (χ0) is 8.70. The summed E-state index contributed by atoms with van der Waals surface area (Å²) in [5.74, 6) is -0.491. The second kappa shape index (κ2) is 2.61. The number of halogens is 1. The Balaban J connectivity index is 2.67. The highest BCUT2D eigenvalue weighted by Crippen LogP contribution is 2.32. The first kappa shape index (κ1) is 9.30. The van der Waals surface area contributed by atoms with Crippen LogP contribution in [0.3, 0.4) is 0 Å². The van der Waals surface area contributed by atoms with Crippen LogP contribution in [-0.4, -0.2) is 23.4 Å². The maximum absolute atomic E-state index is 5.99. The molecule has 1 saturated heterocycles. The van der Waals surface area contributed by atoms with Crippen molar-refractivity contribution in [3.05, 3.63) is 0 Å². The summed E-state index contributed by atoms with van der Waals surface area (Å²) >= 11 is 5.99. The molecule has 66 valence electrons. The molecule has 0 aromatic carbocycles. The topological polar surface area (TPSA) is 18.5 Å². The molecule has 11 heavy (non-hydrogen) atoms. The predicted octanol–water partition coefficient (Wildman–Crippen LogP) is 2.16. The first-order chi connectivity index (χ1) is 4.83. The molecule has 0 aromatic heterocycles. The summed E-state index contributed by atoms with van der Waals surface area (Å²) in [7, 11) is 0. The summed E-state index contributed by atoms with van der Waals surface area (Å²) in [6.07, 6.45) is 0. The molecular formula is C8H15ClO2. The van der Waals surface area contributed by atoms with Crippen LogP contribution < -0.4 is 0 Å². The third kappa shape index (κ3) is 2.08. The van der Waals surface area contributed by atoms with Crippen molar-refractivity contribution in [2.75, 3.05) is 6.61 Å². The van der Waals surface area contributed by atoms with E-state index in [2.05, 4.69) is 0 Å². The molecule has 1 aliphatic heterocycles. The molecule has 1 atom stereocenters. The van der Waals surface area contributed by atoms with Gasteiger partial charge in [-0.25, -0.2) is 0 Å². The highest BCUT2D eigenvalue weighted by molar-refractivity contribution is 6.21. The third-order valence-corrected chi connectivity index (χ3v) is 2.49. The number of hydrogen-bond donors (Lipinski definition) is 0. The summed E-state index contributed by atoms with van der Waals surface area (Å²) in [4.78, 5) is 0. The Hall–Kier alpha value is 0.210. The zero-order valence-corrected chi connectivity index (χ0v) is 8.23. The van der Waals surface area contributed by atoms with E-state index in [1.54, 1.807) is 0 Å². The van der Waals surface area contributed by atoms with E-state index in [0.29, 0.717) is 6.61 Å². The van der Waals surface area contributed by atoms with Gasteiger partial charge < -0.3 is 9.47 Å². The average Bonchev–Trinajstić information content (AvgIpc) is 1.77. The minimum atomic E-state index is -0.491. The zero-order valence-electron chi connectivity index (χ0n) is 7.48. The van der Waals surface area contributed by atoms with Gasteiger partial charge >= 0.3 is 0 Å². The Bertz CT molecular complexity index is 154. The van der Waals surface area contributed by atoms with Gasteiger partial charge in [-0.2, -0.15) is 0 Å². The molecule has 0 bridgehead atoms. The van der Waals surface area contributed by atoms with Crippen molar-refractivity contribution in [1.82, 2.24) is 0 Å². The van der Waals surface area contributed by atoms with Crippen molar-refractivity contribution in [3.63, 3.8) is 0 Å². The number of ether oxygens (including phenoxy) is 2. The van der Waals surface area contributed by atoms with E-state index < -0.39 is 5.79 Å². The number of hydrogen-bond acceptors (Lipinski definition) is 2. The van der Waals surface area contributed by atoms with Crippen molar-refractivity contribution >= 4 is 11.6 Å². The summed E-state index contributed by atoms with van der Waals surface area (Å²) in [6.45, 7) is 8.32. The van der Waals surface area contributed by atoms with Crippen LogP contribution in [0.1, 0.15) is 27.7 Å². The van der Waals surface area contributed by atoms with Crippen LogP contribution in [0.4, 0.5) is 0 Å². The van der Waals surface area contributed by atoms with Crippen molar-refractivity contribution in [2.45, 2.75) is 44.5 Å². The molecule has 0 radical (unpaired) electrons. The van der Waals surface area contributed by atoms with Gasteiger partial charge in [0, 0.05) is 0 Å². The van der Waals surface area contributed by atoms with E-state index in [1.807, 2.05) is 27.7 Å². The van der Waals surface area contributed by atoms with Crippen molar-refractivity contribution in [2.24, 2.45) is 0 Å². The Kier molecular flexibility index (Phi) is 2.21. The van der Waals surface area contributed by atoms with Gasteiger partial charge in [-0.05, 0) is 27.7 Å². The van der Waals surface area contributed by atoms with Gasteiger partial charge in [-0.1, -0.05) is 0 Å². The fourth-order valence-electron chi connectivity index (χ4n) is 1.20. The molecule has 0 N–H and O–H groups in total. The summed E-state index contributed by atoms with van der Waals surface area (Å²) in [6, 6.07) is 0. The molecule has 1 heterocycles. The Morgan fingerprint density at radius 3 is 2.18 bits per heavy atom. The molecular weight excluding hydrogens is 164 g/mol. The predicted molar refractivity (Wildman–Crippen MR) is 44.8 cm³/mol. The van der Waals surface area contributed by atoms with Crippen LogP contribution in [0.15, 0.2) is 0 Å². The van der Waals surface area contributed by atoms with Crippen LogP contribution >= 0.6 is 11.6 Å². The number of rotatable bonds is 0. The standard InChI is InChI=1S/C8H15ClO2/c1-7(2)6(9)5-10-8(3,4)11-7/h6H,5H2,1-4H3. The molecule has 0 saturated carbocycles. The van der Waals surface area contributed by atoms with Crippen molar-refractivity contribution < 1.29 is 9.47 Å². The molecule has 0 amide bonds. The molecule has 3 heteroatoms. The fourth-order valence-corrected chi connectivity index (χ4v) is 1.31. The summed E-state index contributed by atoms with van der Waals surface area (Å²) in [5, 5.41) is -0.0597. The van der Waals surface area contributed by atoms with E-state index in [1.165, 1.54) is 0 Å². The third-order valence-electron chi connectivity index (χ3n) is 1.84. The van der Waals surface area contributed by atoms with Crippen LogP contribution in [0.5, 0.6) is 0 Å². The van der Waals surface area contributed by atoms with Gasteiger partial charge in [0.05, 0.1) is 17.6 Å². The SMILES string of the molecule is CC1(C)OCC(Cl)C(C)(C)O1. The van der Waals surface area contributed by atoms with Crippen molar-refractivity contribution in [1.29, 1.82) is 0 Å². The molecule has 0 spiro atoms. The van der Waals surface area contributed by atoms with Gasteiger partial charge in [0.1, 0.15) is 0 Å². The average molecular weight is 179 g/mol. The van der Waals surface area contributed by atoms with E-state index in [9.17, 15) is 0 Å². The Labute approximate surface area is 72.8 Å². The normalized spacial score (nSPS) is 35.2. The lowest BCUT2D eigenvalue weighted by molar-refractivity contribution is -0.298. The monoisotopic (exact) mass is 178 g/mol. The van der Waals surface area contributed by atoms with Crippen LogP contribution in [0.2, 0.25) is 0 Å². The van der Waals surface area contributed by atoms with Crippen molar-refractivity contribution in [3.8, 4) is 0 Å². The molecule has 1 rings (SSSR count).